The highest BCUT2D eigenvalue weighted by Crippen LogP contribution is 2.34. The van der Waals surface area contributed by atoms with Gasteiger partial charge in [0.05, 0.1) is 18.3 Å². The minimum Gasteiger partial charge on any atom is -0.348 e. The number of aromatic nitrogens is 2. The van der Waals surface area contributed by atoms with E-state index in [9.17, 15) is 9.59 Å². The third-order valence-corrected chi connectivity index (χ3v) is 6.07. The first-order valence-electron chi connectivity index (χ1n) is 10.8. The number of hydrogen-bond acceptors (Lipinski definition) is 4. The van der Waals surface area contributed by atoms with Gasteiger partial charge in [0, 0.05) is 18.4 Å². The normalized spacial score (nSPS) is 18.8. The van der Waals surface area contributed by atoms with E-state index >= 15 is 0 Å². The average molecular weight is 395 g/mol. The van der Waals surface area contributed by atoms with E-state index in [2.05, 4.69) is 15.2 Å². The molecule has 1 aromatic heterocycles. The van der Waals surface area contributed by atoms with Gasteiger partial charge in [-0.1, -0.05) is 43.2 Å². The molecule has 6 heteroatoms. The van der Waals surface area contributed by atoms with Gasteiger partial charge in [0.25, 0.3) is 5.56 Å². The molecule has 154 valence electrons. The highest BCUT2D eigenvalue weighted by molar-refractivity contribution is 5.78. The monoisotopic (exact) mass is 394 g/mol. The molecule has 1 aromatic carbocycles. The Kier molecular flexibility index (Phi) is 6.39. The van der Waals surface area contributed by atoms with Gasteiger partial charge in [0.1, 0.15) is 5.82 Å². The van der Waals surface area contributed by atoms with E-state index in [1.54, 1.807) is 6.07 Å². The van der Waals surface area contributed by atoms with Crippen LogP contribution in [0.3, 0.4) is 0 Å². The molecule has 2 N–H and O–H groups in total. The fraction of sp³-hybridized carbons (Fsp3) is 0.522. The Hall–Kier alpha value is -2.47. The number of carbonyl (C=O) groups is 1. The van der Waals surface area contributed by atoms with Crippen molar-refractivity contribution in [1.82, 2.24) is 20.2 Å². The molecule has 1 saturated heterocycles. The number of nitrogens with one attached hydrogen (secondary N) is 2. The van der Waals surface area contributed by atoms with E-state index in [1.807, 2.05) is 30.3 Å². The number of benzene rings is 1. The van der Waals surface area contributed by atoms with Crippen LogP contribution in [0, 0.1) is 0 Å². The molecule has 0 bridgehead atoms. The summed E-state index contributed by atoms with van der Waals surface area (Å²) in [6, 6.07) is 11.3. The van der Waals surface area contributed by atoms with Crippen molar-refractivity contribution < 1.29 is 4.79 Å². The summed E-state index contributed by atoms with van der Waals surface area (Å²) in [6.07, 6.45) is 7.45. The summed E-state index contributed by atoms with van der Waals surface area (Å²) in [5, 5.41) is 3.19. The van der Waals surface area contributed by atoms with Crippen LogP contribution in [0.25, 0.3) is 0 Å². The van der Waals surface area contributed by atoms with E-state index in [1.165, 1.54) is 12.8 Å². The Balaban J connectivity index is 1.49. The second-order valence-corrected chi connectivity index (χ2v) is 8.32. The summed E-state index contributed by atoms with van der Waals surface area (Å²) < 4.78 is 0. The molecule has 1 saturated carbocycles. The topological polar surface area (TPSA) is 78.1 Å². The highest BCUT2D eigenvalue weighted by Gasteiger charge is 2.24. The largest absolute Gasteiger partial charge is 0.348 e. The maximum Gasteiger partial charge on any atom is 0.251 e. The van der Waals surface area contributed by atoms with Gasteiger partial charge in [-0.3, -0.25) is 14.5 Å². The van der Waals surface area contributed by atoms with Crippen LogP contribution in [0.1, 0.15) is 67.6 Å². The van der Waals surface area contributed by atoms with Crippen molar-refractivity contribution in [1.29, 1.82) is 0 Å². The molecular weight excluding hydrogens is 364 g/mol. The summed E-state index contributed by atoms with van der Waals surface area (Å²) >= 11 is 0. The van der Waals surface area contributed by atoms with Crippen LogP contribution in [0.5, 0.6) is 0 Å². The maximum absolute atomic E-state index is 12.7. The number of nitrogens with zero attached hydrogens (tertiary/aromatic N) is 2. The smallest absolute Gasteiger partial charge is 0.251 e. The lowest BCUT2D eigenvalue weighted by Crippen LogP contribution is -2.41. The van der Waals surface area contributed by atoms with E-state index in [0.29, 0.717) is 18.9 Å². The second kappa shape index (κ2) is 9.35. The van der Waals surface area contributed by atoms with Gasteiger partial charge in [-0.05, 0) is 44.3 Å². The van der Waals surface area contributed by atoms with Crippen LogP contribution in [-0.4, -0.2) is 40.4 Å². The lowest BCUT2D eigenvalue weighted by Gasteiger charge is -2.27. The molecule has 2 fully saturated rings. The molecule has 1 aliphatic carbocycles. The fourth-order valence-corrected chi connectivity index (χ4v) is 4.22. The minimum absolute atomic E-state index is 0.0322. The first-order valence-corrected chi connectivity index (χ1v) is 10.8. The highest BCUT2D eigenvalue weighted by atomic mass is 16.2. The Bertz CT molecular complexity index is 870. The zero-order chi connectivity index (χ0) is 20.1. The van der Waals surface area contributed by atoms with Crippen LogP contribution in [0.4, 0.5) is 0 Å². The molecule has 4 rings (SSSR count). The minimum atomic E-state index is -0.197. The number of amides is 1. The number of H-pyrrole nitrogens is 1. The van der Waals surface area contributed by atoms with Crippen LogP contribution in [0.15, 0.2) is 41.2 Å². The molecule has 1 atom stereocenters. The van der Waals surface area contributed by atoms with Crippen molar-refractivity contribution in [2.24, 2.45) is 0 Å². The fourth-order valence-electron chi connectivity index (χ4n) is 4.22. The van der Waals surface area contributed by atoms with Gasteiger partial charge >= 0.3 is 0 Å². The summed E-state index contributed by atoms with van der Waals surface area (Å²) in [7, 11) is 0. The standard InChI is InChI=1S/C23H30N4O2/c28-21-15-19(24-23(26-21)18-10-7-11-18)14-20(17-8-3-1-4-9-17)25-22(29)16-27-12-5-2-6-13-27/h1,3-4,8-9,15,18,20H,2,5-7,10-14,16H2,(H,25,29)(H,24,26,28)/t20-/m1/s1. The van der Waals surface area contributed by atoms with Gasteiger partial charge in [-0.25, -0.2) is 4.98 Å². The number of likely N-dealkylation sites (tertiary alicyclic amines) is 1. The third kappa shape index (κ3) is 5.32. The molecule has 0 radical (unpaired) electrons. The van der Waals surface area contributed by atoms with Crippen molar-refractivity contribution in [2.45, 2.75) is 56.9 Å². The van der Waals surface area contributed by atoms with Gasteiger partial charge in [-0.2, -0.15) is 0 Å². The SMILES string of the molecule is O=C(CN1CCCCC1)N[C@H](Cc1cc(=O)[nH]c(C2CCC2)n1)c1ccccc1. The first kappa shape index (κ1) is 19.8. The zero-order valence-electron chi connectivity index (χ0n) is 16.9. The molecule has 0 spiro atoms. The summed E-state index contributed by atoms with van der Waals surface area (Å²) in [6.45, 7) is 2.41. The second-order valence-electron chi connectivity index (χ2n) is 8.32. The lowest BCUT2D eigenvalue weighted by molar-refractivity contribution is -0.123. The van der Waals surface area contributed by atoms with Gasteiger partial charge in [-0.15, -0.1) is 0 Å². The Morgan fingerprint density at radius 2 is 1.90 bits per heavy atom. The van der Waals surface area contributed by atoms with Gasteiger partial charge in [0.2, 0.25) is 5.91 Å². The molecule has 1 aliphatic heterocycles. The van der Waals surface area contributed by atoms with E-state index in [0.717, 1.165) is 55.9 Å². The van der Waals surface area contributed by atoms with Crippen molar-refractivity contribution in [2.75, 3.05) is 19.6 Å². The number of rotatable bonds is 7. The van der Waals surface area contributed by atoms with Crippen LogP contribution < -0.4 is 10.9 Å². The van der Waals surface area contributed by atoms with Crippen LogP contribution in [-0.2, 0) is 11.2 Å². The number of carbonyl (C=O) groups excluding carboxylic acids is 1. The Morgan fingerprint density at radius 3 is 2.59 bits per heavy atom. The molecule has 6 nitrogen and oxygen atoms in total. The molecular formula is C23H30N4O2. The summed E-state index contributed by atoms with van der Waals surface area (Å²) in [5.41, 5.74) is 1.66. The van der Waals surface area contributed by atoms with Crippen molar-refractivity contribution in [3.05, 3.63) is 63.8 Å². The summed E-state index contributed by atoms with van der Waals surface area (Å²) in [4.78, 5) is 34.8. The number of hydrogen-bond donors (Lipinski definition) is 2. The molecule has 29 heavy (non-hydrogen) atoms. The zero-order valence-corrected chi connectivity index (χ0v) is 16.9. The van der Waals surface area contributed by atoms with Crippen molar-refractivity contribution in [3.63, 3.8) is 0 Å². The van der Waals surface area contributed by atoms with Crippen LogP contribution in [0.2, 0.25) is 0 Å². The first-order chi connectivity index (χ1) is 14.2. The van der Waals surface area contributed by atoms with E-state index in [4.69, 9.17) is 4.98 Å². The molecule has 1 amide bonds. The molecule has 2 aliphatic rings. The van der Waals surface area contributed by atoms with Crippen molar-refractivity contribution in [3.8, 4) is 0 Å². The quantitative estimate of drug-likeness (QED) is 0.757. The summed E-state index contributed by atoms with van der Waals surface area (Å²) in [5.74, 6) is 1.20. The number of aromatic amines is 1. The Morgan fingerprint density at radius 1 is 1.14 bits per heavy atom. The van der Waals surface area contributed by atoms with Crippen LogP contribution >= 0.6 is 0 Å². The average Bonchev–Trinajstić information content (AvgIpc) is 2.67. The van der Waals surface area contributed by atoms with Gasteiger partial charge < -0.3 is 10.3 Å². The van der Waals surface area contributed by atoms with E-state index < -0.39 is 0 Å². The molecule has 0 unspecified atom stereocenters. The third-order valence-electron chi connectivity index (χ3n) is 6.07. The van der Waals surface area contributed by atoms with E-state index in [-0.39, 0.29) is 17.5 Å². The maximum atomic E-state index is 12.7. The Labute approximate surface area is 171 Å². The number of piperidine rings is 1. The molecule has 2 aromatic rings. The lowest BCUT2D eigenvalue weighted by atomic mass is 9.85. The predicted octanol–water partition coefficient (Wildman–Crippen LogP) is 2.92. The predicted molar refractivity (Wildman–Crippen MR) is 113 cm³/mol. The van der Waals surface area contributed by atoms with Gasteiger partial charge in [0.15, 0.2) is 0 Å². The molecule has 2 heterocycles. The van der Waals surface area contributed by atoms with Crippen molar-refractivity contribution >= 4 is 5.91 Å².